The van der Waals surface area contributed by atoms with Gasteiger partial charge in [-0.1, -0.05) is 6.92 Å². The van der Waals surface area contributed by atoms with Crippen LogP contribution in [0.2, 0.25) is 0 Å². The molecule has 7 nitrogen and oxygen atoms in total. The molecule has 19 heavy (non-hydrogen) atoms. The molecule has 1 fully saturated rings. The summed E-state index contributed by atoms with van der Waals surface area (Å²) in [5, 5.41) is 9.22. The van der Waals surface area contributed by atoms with Crippen molar-refractivity contribution in [2.75, 3.05) is 13.2 Å². The number of carbonyl (C=O) groups is 3. The van der Waals surface area contributed by atoms with Crippen molar-refractivity contribution in [3.63, 3.8) is 0 Å². The summed E-state index contributed by atoms with van der Waals surface area (Å²) in [6, 6.07) is 0. The molecule has 1 rings (SSSR count). The highest BCUT2D eigenvalue weighted by atomic mass is 16.5. The number of carboxylic acid groups (broad SMARTS) is 1. The Labute approximate surface area is 111 Å². The molecule has 108 valence electrons. The molecule has 7 heteroatoms. The number of likely N-dealkylation sites (tertiary alicyclic amines) is 1. The molecule has 0 bridgehead atoms. The zero-order chi connectivity index (χ0) is 14.6. The molecule has 1 aliphatic heterocycles. The molecule has 0 aliphatic carbocycles. The van der Waals surface area contributed by atoms with Gasteiger partial charge in [-0.05, 0) is 13.3 Å². The number of amides is 1. The fourth-order valence-corrected chi connectivity index (χ4v) is 2.23. The van der Waals surface area contributed by atoms with E-state index in [1.54, 1.807) is 6.92 Å². The first-order chi connectivity index (χ1) is 8.86. The Morgan fingerprint density at radius 3 is 2.53 bits per heavy atom. The number of carbonyl (C=O) groups excluding carboxylic acids is 2. The molecule has 0 spiro atoms. The van der Waals surface area contributed by atoms with Crippen LogP contribution in [0.3, 0.4) is 0 Å². The third-order valence-electron chi connectivity index (χ3n) is 3.20. The minimum absolute atomic E-state index is 0.000463. The first-order valence-corrected chi connectivity index (χ1v) is 6.36. The van der Waals surface area contributed by atoms with Crippen molar-refractivity contribution < 1.29 is 24.2 Å². The Balaban J connectivity index is 2.91. The van der Waals surface area contributed by atoms with E-state index in [4.69, 9.17) is 10.5 Å². The predicted molar refractivity (Wildman–Crippen MR) is 65.9 cm³/mol. The van der Waals surface area contributed by atoms with Crippen LogP contribution in [0.25, 0.3) is 0 Å². The van der Waals surface area contributed by atoms with Gasteiger partial charge in [0, 0.05) is 19.4 Å². The average molecular weight is 272 g/mol. The number of esters is 1. The van der Waals surface area contributed by atoms with Crippen LogP contribution in [-0.4, -0.2) is 46.7 Å². The Kier molecular flexibility index (Phi) is 4.88. The van der Waals surface area contributed by atoms with Gasteiger partial charge >= 0.3 is 11.9 Å². The van der Waals surface area contributed by atoms with Crippen molar-refractivity contribution in [2.24, 2.45) is 11.7 Å². The van der Waals surface area contributed by atoms with Gasteiger partial charge < -0.3 is 14.7 Å². The normalized spacial score (nSPS) is 26.3. The second kappa shape index (κ2) is 6.01. The summed E-state index contributed by atoms with van der Waals surface area (Å²) in [5.41, 5.74) is 3.98. The van der Waals surface area contributed by atoms with E-state index in [9.17, 15) is 19.5 Å². The lowest BCUT2D eigenvalue weighted by Crippen LogP contribution is -2.59. The number of carboxylic acids is 1. The highest BCUT2D eigenvalue weighted by molar-refractivity contribution is 5.89. The van der Waals surface area contributed by atoms with E-state index < -0.39 is 23.5 Å². The van der Waals surface area contributed by atoms with E-state index in [0.29, 0.717) is 6.42 Å². The van der Waals surface area contributed by atoms with Crippen molar-refractivity contribution >= 4 is 17.8 Å². The van der Waals surface area contributed by atoms with Crippen molar-refractivity contribution in [1.82, 2.24) is 4.90 Å². The maximum absolute atomic E-state index is 11.9. The quantitative estimate of drug-likeness (QED) is 0.678. The summed E-state index contributed by atoms with van der Waals surface area (Å²) in [5.74, 6) is -2.84. The molecule has 0 aromatic heterocycles. The van der Waals surface area contributed by atoms with Crippen LogP contribution in [0.4, 0.5) is 0 Å². The fraction of sp³-hybridized carbons (Fsp3) is 0.750. The first-order valence-electron chi connectivity index (χ1n) is 6.36. The van der Waals surface area contributed by atoms with Crippen LogP contribution in [0, 0.1) is 5.92 Å². The second-order valence-corrected chi connectivity index (χ2v) is 4.64. The molecular formula is C12H20N2O5. The van der Waals surface area contributed by atoms with Gasteiger partial charge in [0.25, 0.3) is 0 Å². The van der Waals surface area contributed by atoms with Crippen LogP contribution < -0.4 is 5.73 Å². The molecule has 0 saturated carbocycles. The lowest BCUT2D eigenvalue weighted by Gasteiger charge is -2.30. The lowest BCUT2D eigenvalue weighted by molar-refractivity contribution is -0.156. The van der Waals surface area contributed by atoms with Gasteiger partial charge in [0.05, 0.1) is 12.5 Å². The highest BCUT2D eigenvalue weighted by Gasteiger charge is 2.52. The number of nitrogens with zero attached hydrogens (tertiary/aromatic N) is 1. The molecular weight excluding hydrogens is 252 g/mol. The van der Waals surface area contributed by atoms with Crippen LogP contribution in [0.15, 0.2) is 0 Å². The summed E-state index contributed by atoms with van der Waals surface area (Å²) in [6.45, 7) is 3.69. The Morgan fingerprint density at radius 1 is 1.42 bits per heavy atom. The molecule has 2 atom stereocenters. The molecule has 3 N–H and O–H groups in total. The fourth-order valence-electron chi connectivity index (χ4n) is 2.23. The van der Waals surface area contributed by atoms with Gasteiger partial charge in [-0.25, -0.2) is 4.79 Å². The van der Waals surface area contributed by atoms with Crippen LogP contribution in [0.1, 0.15) is 33.1 Å². The zero-order valence-corrected chi connectivity index (χ0v) is 11.2. The number of nitrogens with two attached hydrogens (primary N) is 1. The van der Waals surface area contributed by atoms with Crippen LogP contribution in [0.5, 0.6) is 0 Å². The van der Waals surface area contributed by atoms with Gasteiger partial charge in [0.1, 0.15) is 0 Å². The summed E-state index contributed by atoms with van der Waals surface area (Å²) in [7, 11) is 0. The van der Waals surface area contributed by atoms with Gasteiger partial charge in [-0.15, -0.1) is 0 Å². The van der Waals surface area contributed by atoms with Crippen molar-refractivity contribution in [3.8, 4) is 0 Å². The summed E-state index contributed by atoms with van der Waals surface area (Å²) in [6.07, 6.45) is 0.688. The number of aliphatic carboxylic acids is 1. The molecule has 0 aromatic rings. The second-order valence-electron chi connectivity index (χ2n) is 4.64. The maximum Gasteiger partial charge on any atom is 0.344 e. The number of hydrogen-bond acceptors (Lipinski definition) is 5. The minimum Gasteiger partial charge on any atom is -0.478 e. The topological polar surface area (TPSA) is 110 Å². The average Bonchev–Trinajstić information content (AvgIpc) is 2.69. The molecule has 1 heterocycles. The number of rotatable bonds is 5. The third kappa shape index (κ3) is 3.04. The zero-order valence-electron chi connectivity index (χ0n) is 11.2. The van der Waals surface area contributed by atoms with Gasteiger partial charge in [-0.3, -0.25) is 15.3 Å². The molecule has 0 radical (unpaired) electrons. The number of ether oxygens (including phenoxy) is 1. The first kappa shape index (κ1) is 15.4. The summed E-state index contributed by atoms with van der Waals surface area (Å²) < 4.78 is 4.86. The largest absolute Gasteiger partial charge is 0.478 e. The van der Waals surface area contributed by atoms with E-state index >= 15 is 0 Å². The molecule has 1 aliphatic rings. The van der Waals surface area contributed by atoms with Crippen molar-refractivity contribution in [3.05, 3.63) is 0 Å². The summed E-state index contributed by atoms with van der Waals surface area (Å²) in [4.78, 5) is 36.0. The van der Waals surface area contributed by atoms with E-state index in [1.807, 2.05) is 6.92 Å². The standard InChI is InChI=1S/C12H20N2O5/c1-3-5-9(15)14-7-8(10(16)19-4-2)6-12(14,13)11(17)18/h8H,3-7,13H2,1-2H3,(H,17,18)/t8?,12-/m0/s1. The van der Waals surface area contributed by atoms with E-state index in [2.05, 4.69) is 0 Å². The minimum atomic E-state index is -1.82. The predicted octanol–water partition coefficient (Wildman–Crippen LogP) is -0.0623. The molecule has 1 unspecified atom stereocenters. The third-order valence-corrected chi connectivity index (χ3v) is 3.20. The molecule has 1 saturated heterocycles. The Bertz CT molecular complexity index is 384. The molecule has 0 aromatic carbocycles. The van der Waals surface area contributed by atoms with Crippen molar-refractivity contribution in [2.45, 2.75) is 38.8 Å². The highest BCUT2D eigenvalue weighted by Crippen LogP contribution is 2.31. The van der Waals surface area contributed by atoms with E-state index in [-0.39, 0.29) is 31.9 Å². The van der Waals surface area contributed by atoms with Gasteiger partial charge in [0.2, 0.25) is 5.91 Å². The monoisotopic (exact) mass is 272 g/mol. The smallest absolute Gasteiger partial charge is 0.344 e. The van der Waals surface area contributed by atoms with Crippen molar-refractivity contribution in [1.29, 1.82) is 0 Å². The van der Waals surface area contributed by atoms with Crippen LogP contribution in [-0.2, 0) is 19.1 Å². The Hall–Kier alpha value is -1.63. The maximum atomic E-state index is 11.9. The van der Waals surface area contributed by atoms with Crippen LogP contribution >= 0.6 is 0 Å². The van der Waals surface area contributed by atoms with Gasteiger partial charge in [-0.2, -0.15) is 0 Å². The van der Waals surface area contributed by atoms with E-state index in [1.165, 1.54) is 0 Å². The molecule has 1 amide bonds. The number of hydrogen-bond donors (Lipinski definition) is 2. The van der Waals surface area contributed by atoms with Gasteiger partial charge in [0.15, 0.2) is 5.66 Å². The summed E-state index contributed by atoms with van der Waals surface area (Å²) >= 11 is 0. The van der Waals surface area contributed by atoms with E-state index in [0.717, 1.165) is 4.90 Å². The lowest BCUT2D eigenvalue weighted by atomic mass is 10.0. The Morgan fingerprint density at radius 2 is 2.05 bits per heavy atom. The SMILES string of the molecule is CCCC(=O)N1CC(C(=O)OCC)C[C@@]1(N)C(=O)O.